The van der Waals surface area contributed by atoms with Crippen LogP contribution < -0.4 is 0 Å². The second-order valence-corrected chi connectivity index (χ2v) is 15.8. The Morgan fingerprint density at radius 1 is 0.367 bits per heavy atom. The third-order valence-electron chi connectivity index (χ3n) is 11.2. The normalized spacial score (nSPS) is 12.1. The highest BCUT2D eigenvalue weighted by Crippen LogP contribution is 2.45. The Labute approximate surface area is 298 Å². The average molecular weight is 665 g/mol. The summed E-state index contributed by atoms with van der Waals surface area (Å²) in [6.07, 6.45) is 24.2. The monoisotopic (exact) mass is 664 g/mol. The van der Waals surface area contributed by atoms with Gasteiger partial charge in [-0.2, -0.15) is 0 Å². The van der Waals surface area contributed by atoms with Gasteiger partial charge in [0.25, 0.3) is 0 Å². The van der Waals surface area contributed by atoms with Gasteiger partial charge in [0, 0.05) is 30.9 Å². The van der Waals surface area contributed by atoms with Crippen LogP contribution in [-0.2, 0) is 12.8 Å². The van der Waals surface area contributed by atoms with E-state index in [2.05, 4.69) is 98.8 Å². The van der Waals surface area contributed by atoms with Gasteiger partial charge in [-0.25, -0.2) is 0 Å². The first kappa shape index (κ1) is 34.0. The molecule has 6 aromatic carbocycles. The molecule has 0 saturated carbocycles. The van der Waals surface area contributed by atoms with E-state index in [1.54, 1.807) is 0 Å². The van der Waals surface area contributed by atoms with Crippen LogP contribution in [0.2, 0.25) is 0 Å². The summed E-state index contributed by atoms with van der Waals surface area (Å²) in [6.45, 7) is 4.61. The fraction of sp³-hybridized carbons (Fsp3) is 0.417. The molecule has 0 aliphatic carbocycles. The summed E-state index contributed by atoms with van der Waals surface area (Å²) < 4.78 is 2.90. The van der Waals surface area contributed by atoms with Crippen molar-refractivity contribution < 1.29 is 0 Å². The lowest BCUT2D eigenvalue weighted by molar-refractivity contribution is 0.576. The first-order valence-electron chi connectivity index (χ1n) is 19.9. The second kappa shape index (κ2) is 16.5. The minimum atomic E-state index is 1.17. The SMILES string of the molecule is CCCCCCCCCCc1cc2c(ccc3c4ccc5c(ccc6cccc(CCCCCCCCCC)c65)c4sc23)c2ccccc12. The number of thiophene rings is 1. The number of hydrogen-bond donors (Lipinski definition) is 0. The van der Waals surface area contributed by atoms with Gasteiger partial charge in [0.15, 0.2) is 0 Å². The molecule has 0 radical (unpaired) electrons. The van der Waals surface area contributed by atoms with Gasteiger partial charge in [0.2, 0.25) is 0 Å². The summed E-state index contributed by atoms with van der Waals surface area (Å²) in [6, 6.07) is 33.1. The van der Waals surface area contributed by atoms with Crippen LogP contribution in [0.4, 0.5) is 0 Å². The molecular formula is C48H56S. The molecule has 1 aromatic heterocycles. The molecule has 0 amide bonds. The number of fused-ring (bicyclic) bond motifs is 11. The third kappa shape index (κ3) is 7.39. The van der Waals surface area contributed by atoms with E-state index < -0.39 is 0 Å². The Morgan fingerprint density at radius 2 is 0.857 bits per heavy atom. The van der Waals surface area contributed by atoms with Gasteiger partial charge in [0.05, 0.1) is 0 Å². The average Bonchev–Trinajstić information content (AvgIpc) is 3.53. The van der Waals surface area contributed by atoms with Gasteiger partial charge < -0.3 is 0 Å². The summed E-state index contributed by atoms with van der Waals surface area (Å²) in [5.74, 6) is 0. The maximum atomic E-state index is 2.57. The summed E-state index contributed by atoms with van der Waals surface area (Å²) in [4.78, 5) is 0. The van der Waals surface area contributed by atoms with E-state index in [1.807, 2.05) is 11.3 Å². The molecule has 0 unspecified atom stereocenters. The van der Waals surface area contributed by atoms with E-state index in [9.17, 15) is 0 Å². The minimum absolute atomic E-state index is 1.17. The maximum Gasteiger partial charge on any atom is 0.0434 e. The lowest BCUT2D eigenvalue weighted by atomic mass is 9.92. The fourth-order valence-corrected chi connectivity index (χ4v) is 9.88. The van der Waals surface area contributed by atoms with E-state index in [4.69, 9.17) is 0 Å². The molecule has 0 saturated heterocycles. The standard InChI is InChI=1S/C48H56S/c1-3-5-7-9-11-13-15-17-22-35-24-21-25-36-28-29-42-41(46(35)36)31-33-43-44-32-30-40-39-27-20-19-26-38(39)37(34-45(40)48(44)49-47(42)43)23-18-16-14-12-10-8-6-4-2/h19-21,24-34H,3-18,22-23H2,1-2H3. The summed E-state index contributed by atoms with van der Waals surface area (Å²) in [7, 11) is 0. The minimum Gasteiger partial charge on any atom is -0.134 e. The second-order valence-electron chi connectivity index (χ2n) is 14.8. The van der Waals surface area contributed by atoms with Crippen molar-refractivity contribution in [3.8, 4) is 0 Å². The Morgan fingerprint density at radius 3 is 1.53 bits per heavy atom. The molecule has 254 valence electrons. The first-order valence-corrected chi connectivity index (χ1v) is 20.7. The predicted molar refractivity (Wildman–Crippen MR) is 222 cm³/mol. The van der Waals surface area contributed by atoms with E-state index in [0.717, 1.165) is 0 Å². The highest BCUT2D eigenvalue weighted by Gasteiger charge is 2.16. The quantitative estimate of drug-likeness (QED) is 0.0632. The van der Waals surface area contributed by atoms with Gasteiger partial charge in [-0.05, 0) is 75.2 Å². The summed E-state index contributed by atoms with van der Waals surface area (Å²) in [5.41, 5.74) is 3.05. The van der Waals surface area contributed by atoms with Crippen molar-refractivity contribution in [3.05, 3.63) is 96.1 Å². The fourth-order valence-electron chi connectivity index (χ4n) is 8.53. The molecule has 1 heteroatoms. The number of rotatable bonds is 18. The number of unbranched alkanes of at least 4 members (excludes halogenated alkanes) is 14. The van der Waals surface area contributed by atoms with Gasteiger partial charge in [-0.3, -0.25) is 0 Å². The highest BCUT2D eigenvalue weighted by atomic mass is 32.1. The Balaban J connectivity index is 1.21. The van der Waals surface area contributed by atoms with Crippen LogP contribution in [0, 0.1) is 0 Å². The maximum absolute atomic E-state index is 2.57. The van der Waals surface area contributed by atoms with Gasteiger partial charge in [-0.15, -0.1) is 11.3 Å². The van der Waals surface area contributed by atoms with Gasteiger partial charge >= 0.3 is 0 Å². The molecule has 0 bridgehead atoms. The zero-order valence-corrected chi connectivity index (χ0v) is 31.0. The van der Waals surface area contributed by atoms with Crippen LogP contribution in [0.3, 0.4) is 0 Å². The lowest BCUT2D eigenvalue weighted by Gasteiger charge is -2.12. The highest BCUT2D eigenvalue weighted by molar-refractivity contribution is 7.27. The van der Waals surface area contributed by atoms with Gasteiger partial charge in [-0.1, -0.05) is 183 Å². The first-order chi connectivity index (χ1) is 24.3. The zero-order valence-electron chi connectivity index (χ0n) is 30.2. The predicted octanol–water partition coefficient (Wildman–Crippen LogP) is 16.0. The number of aryl methyl sites for hydroxylation is 2. The van der Waals surface area contributed by atoms with Crippen LogP contribution in [0.5, 0.6) is 0 Å². The van der Waals surface area contributed by atoms with Crippen molar-refractivity contribution in [2.45, 2.75) is 129 Å². The molecule has 0 N–H and O–H groups in total. The van der Waals surface area contributed by atoms with Crippen molar-refractivity contribution >= 4 is 74.6 Å². The van der Waals surface area contributed by atoms with Crippen molar-refractivity contribution in [2.75, 3.05) is 0 Å². The largest absolute Gasteiger partial charge is 0.134 e. The topological polar surface area (TPSA) is 0 Å². The van der Waals surface area contributed by atoms with E-state index >= 15 is 0 Å². The van der Waals surface area contributed by atoms with Crippen LogP contribution in [-0.4, -0.2) is 0 Å². The number of hydrogen-bond acceptors (Lipinski definition) is 1. The molecule has 1 heterocycles. The van der Waals surface area contributed by atoms with Crippen LogP contribution in [0.1, 0.15) is 128 Å². The Bertz CT molecular complexity index is 2160. The van der Waals surface area contributed by atoms with Crippen molar-refractivity contribution in [2.24, 2.45) is 0 Å². The molecule has 7 aromatic rings. The molecule has 0 nitrogen and oxygen atoms in total. The Kier molecular flexibility index (Phi) is 11.5. The summed E-state index contributed by atoms with van der Waals surface area (Å²) >= 11 is 2.03. The summed E-state index contributed by atoms with van der Waals surface area (Å²) in [5, 5.41) is 14.2. The molecular weight excluding hydrogens is 609 g/mol. The molecule has 49 heavy (non-hydrogen) atoms. The van der Waals surface area contributed by atoms with Crippen molar-refractivity contribution in [3.63, 3.8) is 0 Å². The zero-order chi connectivity index (χ0) is 33.4. The van der Waals surface area contributed by atoms with E-state index in [0.29, 0.717) is 0 Å². The Hall–Kier alpha value is -3.42. The van der Waals surface area contributed by atoms with Crippen LogP contribution in [0.25, 0.3) is 63.3 Å². The molecule has 0 fully saturated rings. The smallest absolute Gasteiger partial charge is 0.0434 e. The molecule has 0 aliphatic heterocycles. The molecule has 7 rings (SSSR count). The van der Waals surface area contributed by atoms with Crippen molar-refractivity contribution in [1.29, 1.82) is 0 Å². The van der Waals surface area contributed by atoms with E-state index in [1.165, 1.54) is 190 Å². The van der Waals surface area contributed by atoms with Crippen molar-refractivity contribution in [1.82, 2.24) is 0 Å². The molecule has 0 atom stereocenters. The van der Waals surface area contributed by atoms with Crippen LogP contribution in [0.15, 0.2) is 84.9 Å². The van der Waals surface area contributed by atoms with Crippen LogP contribution >= 0.6 is 11.3 Å². The van der Waals surface area contributed by atoms with Gasteiger partial charge in [0.1, 0.15) is 0 Å². The third-order valence-corrected chi connectivity index (χ3v) is 12.5. The molecule has 0 aliphatic rings. The van der Waals surface area contributed by atoms with E-state index in [-0.39, 0.29) is 0 Å². The lowest BCUT2D eigenvalue weighted by Crippen LogP contribution is -1.90. The molecule has 0 spiro atoms. The number of benzene rings is 6.